The van der Waals surface area contributed by atoms with Gasteiger partial charge in [-0.05, 0) is 18.6 Å². The maximum Gasteiger partial charge on any atom is 0.140 e. The largest absolute Gasteiger partial charge is 0.381 e. The van der Waals surface area contributed by atoms with E-state index in [1.807, 2.05) is 0 Å². The third-order valence-electron chi connectivity index (χ3n) is 5.11. The molecule has 2 aromatic rings. The number of ether oxygens (including phenoxy) is 2. The first-order chi connectivity index (χ1) is 12.3. The molecule has 6 nitrogen and oxygen atoms in total. The quantitative estimate of drug-likeness (QED) is 0.893. The van der Waals surface area contributed by atoms with Gasteiger partial charge in [-0.25, -0.2) is 14.4 Å². The van der Waals surface area contributed by atoms with Crippen LogP contribution in [-0.2, 0) is 9.47 Å². The minimum Gasteiger partial charge on any atom is -0.381 e. The highest BCUT2D eigenvalue weighted by Crippen LogP contribution is 2.25. The average molecular weight is 346 g/mol. The minimum atomic E-state index is -0.298. The van der Waals surface area contributed by atoms with Crippen molar-refractivity contribution in [3.63, 3.8) is 0 Å². The predicted molar refractivity (Wildman–Crippen MR) is 93.1 cm³/mol. The molecule has 2 unspecified atom stereocenters. The molecule has 1 N–H and O–H groups in total. The first-order valence-electron chi connectivity index (χ1n) is 8.85. The van der Waals surface area contributed by atoms with Crippen molar-refractivity contribution in [1.82, 2.24) is 14.9 Å². The van der Waals surface area contributed by atoms with Crippen LogP contribution in [0.5, 0.6) is 0 Å². The Morgan fingerprint density at radius 2 is 2.08 bits per heavy atom. The van der Waals surface area contributed by atoms with Gasteiger partial charge < -0.3 is 14.8 Å². The van der Waals surface area contributed by atoms with Crippen LogP contribution >= 0.6 is 0 Å². The van der Waals surface area contributed by atoms with E-state index in [9.17, 15) is 4.39 Å². The van der Waals surface area contributed by atoms with Gasteiger partial charge in [0.1, 0.15) is 18.0 Å². The molecule has 0 bridgehead atoms. The van der Waals surface area contributed by atoms with Crippen molar-refractivity contribution in [2.24, 2.45) is 5.92 Å². The highest BCUT2D eigenvalue weighted by molar-refractivity contribution is 5.89. The van der Waals surface area contributed by atoms with Gasteiger partial charge in [0, 0.05) is 38.2 Å². The maximum absolute atomic E-state index is 14.3. The van der Waals surface area contributed by atoms with Gasteiger partial charge in [-0.2, -0.15) is 0 Å². The summed E-state index contributed by atoms with van der Waals surface area (Å²) in [6.07, 6.45) is 2.54. The first-order valence-corrected chi connectivity index (χ1v) is 8.85. The molecular formula is C18H23FN4O2. The molecule has 2 saturated heterocycles. The summed E-state index contributed by atoms with van der Waals surface area (Å²) in [7, 11) is 0. The van der Waals surface area contributed by atoms with E-state index in [2.05, 4.69) is 20.2 Å². The van der Waals surface area contributed by atoms with Crippen LogP contribution < -0.4 is 5.32 Å². The second-order valence-electron chi connectivity index (χ2n) is 6.58. The van der Waals surface area contributed by atoms with Gasteiger partial charge >= 0.3 is 0 Å². The van der Waals surface area contributed by atoms with Crippen molar-refractivity contribution < 1.29 is 13.9 Å². The number of halogens is 1. The molecule has 7 heteroatoms. The minimum absolute atomic E-state index is 0.298. The fourth-order valence-electron chi connectivity index (χ4n) is 3.76. The van der Waals surface area contributed by atoms with Gasteiger partial charge in [0.25, 0.3) is 0 Å². The van der Waals surface area contributed by atoms with E-state index in [0.29, 0.717) is 35.2 Å². The number of rotatable bonds is 5. The summed E-state index contributed by atoms with van der Waals surface area (Å²) in [5.74, 6) is 0.733. The molecule has 0 radical (unpaired) electrons. The number of nitrogens with one attached hydrogen (secondary N) is 1. The number of fused-ring (bicyclic) bond motifs is 1. The topological polar surface area (TPSA) is 59.5 Å². The molecular weight excluding hydrogens is 323 g/mol. The van der Waals surface area contributed by atoms with Gasteiger partial charge in [0.15, 0.2) is 0 Å². The Morgan fingerprint density at radius 1 is 1.20 bits per heavy atom. The van der Waals surface area contributed by atoms with E-state index in [0.717, 1.165) is 45.9 Å². The Morgan fingerprint density at radius 3 is 2.88 bits per heavy atom. The summed E-state index contributed by atoms with van der Waals surface area (Å²) in [4.78, 5) is 10.9. The van der Waals surface area contributed by atoms with Crippen LogP contribution in [0.4, 0.5) is 10.2 Å². The van der Waals surface area contributed by atoms with Gasteiger partial charge in [0.05, 0.1) is 30.7 Å². The summed E-state index contributed by atoms with van der Waals surface area (Å²) in [6, 6.07) is 5.24. The summed E-state index contributed by atoms with van der Waals surface area (Å²) in [5.41, 5.74) is 0.615. The second kappa shape index (κ2) is 7.59. The molecule has 0 amide bonds. The zero-order valence-corrected chi connectivity index (χ0v) is 14.2. The molecule has 1 aromatic heterocycles. The van der Waals surface area contributed by atoms with E-state index in [1.165, 1.54) is 12.4 Å². The standard InChI is InChI=1S/C18H23FN4O2/c19-14-2-1-3-15-17(14)18(22-12-21-15)20-10-16(13-4-7-25-11-13)23-5-8-24-9-6-23/h1-3,12-13,16H,4-11H2,(H,20,21,22). The van der Waals surface area contributed by atoms with Crippen LogP contribution in [0.1, 0.15) is 6.42 Å². The summed E-state index contributed by atoms with van der Waals surface area (Å²) in [5, 5.41) is 3.83. The van der Waals surface area contributed by atoms with Crippen LogP contribution in [0.15, 0.2) is 24.5 Å². The molecule has 0 aliphatic carbocycles. The zero-order chi connectivity index (χ0) is 17.1. The third-order valence-corrected chi connectivity index (χ3v) is 5.11. The lowest BCUT2D eigenvalue weighted by atomic mass is 9.97. The maximum atomic E-state index is 14.3. The molecule has 2 aliphatic heterocycles. The summed E-state index contributed by atoms with van der Waals surface area (Å²) >= 11 is 0. The zero-order valence-electron chi connectivity index (χ0n) is 14.2. The molecule has 0 saturated carbocycles. The Bertz CT molecular complexity index is 712. The number of morpholine rings is 1. The third kappa shape index (κ3) is 3.58. The number of benzene rings is 1. The average Bonchev–Trinajstić information content (AvgIpc) is 3.17. The van der Waals surface area contributed by atoms with Crippen molar-refractivity contribution in [1.29, 1.82) is 0 Å². The fraction of sp³-hybridized carbons (Fsp3) is 0.556. The van der Waals surface area contributed by atoms with Crippen molar-refractivity contribution in [3.8, 4) is 0 Å². The van der Waals surface area contributed by atoms with Crippen molar-refractivity contribution in [2.45, 2.75) is 12.5 Å². The monoisotopic (exact) mass is 346 g/mol. The van der Waals surface area contributed by atoms with Crippen molar-refractivity contribution >= 4 is 16.7 Å². The number of nitrogens with zero attached hydrogens (tertiary/aromatic N) is 3. The fourth-order valence-corrected chi connectivity index (χ4v) is 3.76. The van der Waals surface area contributed by atoms with Crippen LogP contribution in [-0.4, -0.2) is 67.0 Å². The normalized spacial score (nSPS) is 23.0. The van der Waals surface area contributed by atoms with Gasteiger partial charge in [-0.3, -0.25) is 4.90 Å². The highest BCUT2D eigenvalue weighted by atomic mass is 19.1. The Balaban J connectivity index is 1.54. The molecule has 1 aromatic carbocycles. The number of aromatic nitrogens is 2. The summed E-state index contributed by atoms with van der Waals surface area (Å²) in [6.45, 7) is 5.65. The van der Waals surface area contributed by atoms with Crippen LogP contribution in [0.3, 0.4) is 0 Å². The van der Waals surface area contributed by atoms with E-state index in [4.69, 9.17) is 9.47 Å². The van der Waals surface area contributed by atoms with E-state index in [1.54, 1.807) is 12.1 Å². The van der Waals surface area contributed by atoms with Gasteiger partial charge in [0.2, 0.25) is 0 Å². The van der Waals surface area contributed by atoms with E-state index in [-0.39, 0.29) is 5.82 Å². The Kier molecular flexibility index (Phi) is 5.05. The molecule has 3 heterocycles. The molecule has 0 spiro atoms. The molecule has 2 fully saturated rings. The Labute approximate surface area is 146 Å². The lowest BCUT2D eigenvalue weighted by Crippen LogP contribution is -2.50. The molecule has 4 rings (SSSR count). The van der Waals surface area contributed by atoms with Crippen molar-refractivity contribution in [3.05, 3.63) is 30.3 Å². The van der Waals surface area contributed by atoms with Crippen LogP contribution in [0.2, 0.25) is 0 Å². The number of hydrogen-bond acceptors (Lipinski definition) is 6. The van der Waals surface area contributed by atoms with E-state index < -0.39 is 0 Å². The molecule has 134 valence electrons. The summed E-state index contributed by atoms with van der Waals surface area (Å²) < 4.78 is 25.3. The predicted octanol–water partition coefficient (Wildman–Crippen LogP) is 1.92. The first kappa shape index (κ1) is 16.6. The van der Waals surface area contributed by atoms with Crippen LogP contribution in [0, 0.1) is 11.7 Å². The second-order valence-corrected chi connectivity index (χ2v) is 6.58. The number of anilines is 1. The van der Waals surface area contributed by atoms with E-state index >= 15 is 0 Å². The highest BCUT2D eigenvalue weighted by Gasteiger charge is 2.31. The molecule has 2 aliphatic rings. The lowest BCUT2D eigenvalue weighted by molar-refractivity contribution is 0.00460. The Hall–Kier alpha value is -1.83. The smallest absolute Gasteiger partial charge is 0.140 e. The van der Waals surface area contributed by atoms with Crippen LogP contribution in [0.25, 0.3) is 10.9 Å². The number of hydrogen-bond donors (Lipinski definition) is 1. The lowest BCUT2D eigenvalue weighted by Gasteiger charge is -2.37. The van der Waals surface area contributed by atoms with Gasteiger partial charge in [-0.15, -0.1) is 0 Å². The SMILES string of the molecule is Fc1cccc2ncnc(NCC(C3CCOC3)N3CCOCC3)c12. The van der Waals surface area contributed by atoms with Gasteiger partial charge in [-0.1, -0.05) is 6.07 Å². The van der Waals surface area contributed by atoms with Crippen molar-refractivity contribution in [2.75, 3.05) is 51.4 Å². The molecule has 25 heavy (non-hydrogen) atoms. The molecule has 2 atom stereocenters.